The Labute approximate surface area is 86.5 Å². The first-order chi connectivity index (χ1) is 6.66. The second-order valence-electron chi connectivity index (χ2n) is 5.18. The lowest BCUT2D eigenvalue weighted by molar-refractivity contribution is -0.119. The number of hydrogen-bond acceptors (Lipinski definition) is 1. The summed E-state index contributed by atoms with van der Waals surface area (Å²) in [6.07, 6.45) is 7.26. The number of hydrogen-bond donors (Lipinski definition) is 1. The molecule has 1 amide bonds. The molecule has 1 atom stereocenters. The lowest BCUT2D eigenvalue weighted by Gasteiger charge is -2.39. The monoisotopic (exact) mass is 195 g/mol. The van der Waals surface area contributed by atoms with E-state index < -0.39 is 0 Å². The highest BCUT2D eigenvalue weighted by Crippen LogP contribution is 2.47. The molecule has 2 rings (SSSR count). The number of rotatable bonds is 1. The van der Waals surface area contributed by atoms with E-state index in [9.17, 15) is 4.79 Å². The largest absolute Gasteiger partial charge is 0.353 e. The van der Waals surface area contributed by atoms with E-state index >= 15 is 0 Å². The summed E-state index contributed by atoms with van der Waals surface area (Å²) in [6.45, 7) is 4.46. The minimum Gasteiger partial charge on any atom is -0.353 e. The molecule has 1 saturated heterocycles. The Morgan fingerprint density at radius 1 is 1.43 bits per heavy atom. The summed E-state index contributed by atoms with van der Waals surface area (Å²) in [5, 5.41) is 3.07. The van der Waals surface area contributed by atoms with Crippen LogP contribution in [0.3, 0.4) is 0 Å². The second kappa shape index (κ2) is 3.56. The summed E-state index contributed by atoms with van der Waals surface area (Å²) in [5.74, 6) is 1.19. The molecule has 0 bridgehead atoms. The van der Waals surface area contributed by atoms with Gasteiger partial charge in [-0.15, -0.1) is 0 Å². The highest BCUT2D eigenvalue weighted by Gasteiger charge is 2.45. The highest BCUT2D eigenvalue weighted by atomic mass is 16.2. The molecule has 1 N–H and O–H groups in total. The van der Waals surface area contributed by atoms with E-state index in [0.29, 0.717) is 11.5 Å². The van der Waals surface area contributed by atoms with Gasteiger partial charge < -0.3 is 5.32 Å². The van der Waals surface area contributed by atoms with Gasteiger partial charge >= 0.3 is 0 Å². The van der Waals surface area contributed by atoms with Crippen molar-refractivity contribution in [2.45, 2.75) is 58.4 Å². The summed E-state index contributed by atoms with van der Waals surface area (Å²) >= 11 is 0. The van der Waals surface area contributed by atoms with Gasteiger partial charge in [-0.05, 0) is 43.9 Å². The van der Waals surface area contributed by atoms with E-state index in [2.05, 4.69) is 19.2 Å². The van der Waals surface area contributed by atoms with E-state index in [4.69, 9.17) is 0 Å². The van der Waals surface area contributed by atoms with Crippen molar-refractivity contribution in [2.24, 2.45) is 11.3 Å². The van der Waals surface area contributed by atoms with Crippen LogP contribution in [0, 0.1) is 11.3 Å². The fraction of sp³-hybridized carbons (Fsp3) is 0.917. The van der Waals surface area contributed by atoms with Gasteiger partial charge in [0.05, 0.1) is 0 Å². The number of carbonyl (C=O) groups is 1. The quantitative estimate of drug-likeness (QED) is 0.684. The molecule has 0 aromatic heterocycles. The zero-order valence-corrected chi connectivity index (χ0v) is 9.31. The first kappa shape index (κ1) is 10.0. The van der Waals surface area contributed by atoms with Crippen LogP contribution in [-0.2, 0) is 4.79 Å². The number of amides is 1. The smallest absolute Gasteiger partial charge is 0.220 e. The Kier molecular flexibility index (Phi) is 2.54. The molecule has 14 heavy (non-hydrogen) atoms. The van der Waals surface area contributed by atoms with Gasteiger partial charge in [-0.2, -0.15) is 0 Å². The Hall–Kier alpha value is -0.530. The summed E-state index contributed by atoms with van der Waals surface area (Å²) < 4.78 is 0. The van der Waals surface area contributed by atoms with E-state index in [1.165, 1.54) is 32.1 Å². The Balaban J connectivity index is 2.02. The summed E-state index contributed by atoms with van der Waals surface area (Å²) in [7, 11) is 0. The van der Waals surface area contributed by atoms with Crippen LogP contribution in [0.15, 0.2) is 0 Å². The SMILES string of the molecule is CCC1CCC2(CC1)CC(=O)NC2C. The van der Waals surface area contributed by atoms with Crippen LogP contribution in [0.5, 0.6) is 0 Å². The van der Waals surface area contributed by atoms with Crippen molar-refractivity contribution in [2.75, 3.05) is 0 Å². The second-order valence-corrected chi connectivity index (χ2v) is 5.18. The first-order valence-corrected chi connectivity index (χ1v) is 5.95. The van der Waals surface area contributed by atoms with Gasteiger partial charge in [-0.3, -0.25) is 4.79 Å². The molecular weight excluding hydrogens is 174 g/mol. The predicted octanol–water partition coefficient (Wildman–Crippen LogP) is 2.48. The maximum absolute atomic E-state index is 11.4. The Bertz CT molecular complexity index is 228. The molecule has 1 aliphatic carbocycles. The molecule has 0 aromatic rings. The van der Waals surface area contributed by atoms with Crippen LogP contribution >= 0.6 is 0 Å². The van der Waals surface area contributed by atoms with Gasteiger partial charge in [0.15, 0.2) is 0 Å². The van der Waals surface area contributed by atoms with Gasteiger partial charge in [0.1, 0.15) is 0 Å². The fourth-order valence-electron chi connectivity index (χ4n) is 3.19. The molecule has 1 spiro atoms. The molecule has 1 saturated carbocycles. The molecular formula is C12H21NO. The van der Waals surface area contributed by atoms with Crippen molar-refractivity contribution in [1.29, 1.82) is 0 Å². The molecule has 0 radical (unpaired) electrons. The van der Waals surface area contributed by atoms with Crippen LogP contribution in [0.4, 0.5) is 0 Å². The van der Waals surface area contributed by atoms with Gasteiger partial charge in [0.25, 0.3) is 0 Å². The van der Waals surface area contributed by atoms with Crippen molar-refractivity contribution in [3.63, 3.8) is 0 Å². The van der Waals surface area contributed by atoms with Gasteiger partial charge in [0, 0.05) is 12.5 Å². The molecule has 1 aliphatic heterocycles. The molecule has 2 nitrogen and oxygen atoms in total. The lowest BCUT2D eigenvalue weighted by atomic mass is 9.66. The summed E-state index contributed by atoms with van der Waals surface area (Å²) in [5.41, 5.74) is 0.322. The Morgan fingerprint density at radius 2 is 2.07 bits per heavy atom. The van der Waals surface area contributed by atoms with E-state index in [1.807, 2.05) is 0 Å². The molecule has 0 aromatic carbocycles. The van der Waals surface area contributed by atoms with Crippen molar-refractivity contribution in [3.05, 3.63) is 0 Å². The zero-order chi connectivity index (χ0) is 10.2. The summed E-state index contributed by atoms with van der Waals surface area (Å²) in [4.78, 5) is 11.4. The minimum atomic E-state index is 0.271. The highest BCUT2D eigenvalue weighted by molar-refractivity contribution is 5.79. The first-order valence-electron chi connectivity index (χ1n) is 5.95. The maximum Gasteiger partial charge on any atom is 0.220 e. The maximum atomic E-state index is 11.4. The average molecular weight is 195 g/mol. The molecule has 2 aliphatic rings. The molecule has 1 unspecified atom stereocenters. The van der Waals surface area contributed by atoms with Crippen molar-refractivity contribution < 1.29 is 4.79 Å². The van der Waals surface area contributed by atoms with Crippen LogP contribution < -0.4 is 5.32 Å². The van der Waals surface area contributed by atoms with Crippen molar-refractivity contribution in [3.8, 4) is 0 Å². The van der Waals surface area contributed by atoms with E-state index in [0.717, 1.165) is 12.3 Å². The van der Waals surface area contributed by atoms with Crippen LogP contribution in [0.1, 0.15) is 52.4 Å². The third-order valence-corrected chi connectivity index (χ3v) is 4.49. The fourth-order valence-corrected chi connectivity index (χ4v) is 3.19. The van der Waals surface area contributed by atoms with Crippen LogP contribution in [0.25, 0.3) is 0 Å². The van der Waals surface area contributed by atoms with Crippen molar-refractivity contribution >= 4 is 5.91 Å². The third kappa shape index (κ3) is 1.55. The zero-order valence-electron chi connectivity index (χ0n) is 9.31. The van der Waals surface area contributed by atoms with Gasteiger partial charge in [-0.1, -0.05) is 13.3 Å². The van der Waals surface area contributed by atoms with Crippen molar-refractivity contribution in [1.82, 2.24) is 5.32 Å². The molecule has 1 heterocycles. The van der Waals surface area contributed by atoms with Gasteiger partial charge in [0.2, 0.25) is 5.91 Å². The lowest BCUT2D eigenvalue weighted by Crippen LogP contribution is -2.37. The molecule has 80 valence electrons. The van der Waals surface area contributed by atoms with Gasteiger partial charge in [-0.25, -0.2) is 0 Å². The normalized spacial score (nSPS) is 42.9. The van der Waals surface area contributed by atoms with Crippen LogP contribution in [0.2, 0.25) is 0 Å². The number of carbonyl (C=O) groups excluding carboxylic acids is 1. The topological polar surface area (TPSA) is 29.1 Å². The standard InChI is InChI=1S/C12H21NO/c1-3-10-4-6-12(7-5-10)8-11(14)13-9(12)2/h9-10H,3-8H2,1-2H3,(H,13,14). The number of nitrogens with one attached hydrogen (secondary N) is 1. The average Bonchev–Trinajstić information content (AvgIpc) is 2.43. The van der Waals surface area contributed by atoms with E-state index in [1.54, 1.807) is 0 Å². The van der Waals surface area contributed by atoms with Crippen LogP contribution in [-0.4, -0.2) is 11.9 Å². The molecule has 2 fully saturated rings. The Morgan fingerprint density at radius 3 is 2.50 bits per heavy atom. The predicted molar refractivity (Wildman–Crippen MR) is 56.9 cm³/mol. The van der Waals surface area contributed by atoms with E-state index in [-0.39, 0.29) is 5.91 Å². The third-order valence-electron chi connectivity index (χ3n) is 4.49. The summed E-state index contributed by atoms with van der Waals surface area (Å²) in [6, 6.07) is 0.410. The minimum absolute atomic E-state index is 0.271. The molecule has 2 heteroatoms.